The third-order valence-electron chi connectivity index (χ3n) is 0. The summed E-state index contributed by atoms with van der Waals surface area (Å²) in [6.45, 7) is 0. The molecule has 5 heavy (non-hydrogen) atoms. The molecule has 0 N–H and O–H groups in total. The molecular weight excluding hydrogens is 408 g/mol. The molecule has 0 radical (unpaired) electrons. The summed E-state index contributed by atoms with van der Waals surface area (Å²) in [5.74, 6) is 0. The van der Waals surface area contributed by atoms with Gasteiger partial charge in [-0.2, -0.15) is 0 Å². The van der Waals surface area contributed by atoms with E-state index in [1.165, 1.54) is 0 Å². The van der Waals surface area contributed by atoms with Crippen molar-refractivity contribution in [2.75, 3.05) is 0 Å². The predicted molar refractivity (Wildman–Crippen MR) is 1.37 cm³/mol. The Labute approximate surface area is 116 Å². The summed E-state index contributed by atoms with van der Waals surface area (Å²) in [7, 11) is 0. The maximum Gasteiger partial charge on any atom is 4.00 e. The van der Waals surface area contributed by atoms with Crippen molar-refractivity contribution < 1.29 is 120 Å². The van der Waals surface area contributed by atoms with Crippen molar-refractivity contribution >= 4 is 0 Å². The molecule has 0 aromatic heterocycles. The third-order valence-corrected chi connectivity index (χ3v) is 0. The molecule has 2 nitrogen and oxygen atoms in total. The summed E-state index contributed by atoms with van der Waals surface area (Å²) in [5, 5.41) is 0. The first-order chi connectivity index (χ1) is 0. The van der Waals surface area contributed by atoms with E-state index in [4.69, 9.17) is 0 Å². The Morgan fingerprint density at radius 3 is 0.800 bits per heavy atom. The summed E-state index contributed by atoms with van der Waals surface area (Å²) in [6.07, 6.45) is 0. The molecule has 0 aliphatic rings. The zero-order chi connectivity index (χ0) is 0. The standard InChI is InChI=1S/Ce.Nd.2O.Zr/q;;2*-2;+4. The van der Waals surface area contributed by atoms with Gasteiger partial charge in [-0.05, 0) is 0 Å². The van der Waals surface area contributed by atoms with Crippen LogP contribution >= 0.6 is 0 Å². The van der Waals surface area contributed by atoms with Crippen LogP contribution in [0, 0.1) is 82.6 Å². The minimum absolute atomic E-state index is 0. The van der Waals surface area contributed by atoms with E-state index in [2.05, 4.69) is 0 Å². The van der Waals surface area contributed by atoms with Gasteiger partial charge in [-0.1, -0.05) is 0 Å². The third kappa shape index (κ3) is 18.5. The normalized spacial score (nSPS) is 0. The van der Waals surface area contributed by atoms with E-state index >= 15 is 0 Å². The molecule has 0 aliphatic heterocycles. The van der Waals surface area contributed by atoms with Crippen LogP contribution in [0.15, 0.2) is 0 Å². The molecule has 0 spiro atoms. The summed E-state index contributed by atoms with van der Waals surface area (Å²) >= 11 is 0. The molecule has 0 atom stereocenters. The van der Waals surface area contributed by atoms with Gasteiger partial charge in [0.05, 0.1) is 0 Å². The van der Waals surface area contributed by atoms with Crippen molar-refractivity contribution in [2.24, 2.45) is 0 Å². The smallest absolute Gasteiger partial charge is 2.00 e. The maximum absolute atomic E-state index is 0. The predicted octanol–water partition coefficient (Wildman–Crippen LogP) is -0.240. The number of hydrogen-bond acceptors (Lipinski definition) is 0. The van der Waals surface area contributed by atoms with Crippen molar-refractivity contribution in [1.29, 1.82) is 0 Å². The Morgan fingerprint density at radius 2 is 0.800 bits per heavy atom. The van der Waals surface area contributed by atoms with Gasteiger partial charge in [-0.15, -0.1) is 0 Å². The van der Waals surface area contributed by atoms with Crippen LogP contribution in [0.2, 0.25) is 0 Å². The van der Waals surface area contributed by atoms with Crippen molar-refractivity contribution in [3.63, 3.8) is 0 Å². The Bertz CT molecular complexity index is 9.61. The molecule has 0 aromatic rings. The molecule has 0 unspecified atom stereocenters. The van der Waals surface area contributed by atoms with Crippen LogP contribution in [0.4, 0.5) is 0 Å². The van der Waals surface area contributed by atoms with Gasteiger partial charge in [0.15, 0.2) is 0 Å². The monoisotopic (exact) mass is 404 g/mol. The van der Waals surface area contributed by atoms with E-state index in [9.17, 15) is 0 Å². The average molecular weight is 408 g/mol. The fourth-order valence-corrected chi connectivity index (χ4v) is 0. The molecule has 0 aliphatic carbocycles. The first-order valence-corrected chi connectivity index (χ1v) is 0. The zero-order valence-corrected chi connectivity index (χ0v) is 11.1. The van der Waals surface area contributed by atoms with Crippen LogP contribution in [0.5, 0.6) is 0 Å². The topological polar surface area (TPSA) is 57.0 Å². The van der Waals surface area contributed by atoms with E-state index in [1.807, 2.05) is 0 Å². The van der Waals surface area contributed by atoms with Gasteiger partial charge >= 0.3 is 26.2 Å². The number of rotatable bonds is 0. The first kappa shape index (κ1) is 38.8. The molecular formula is CeNdO2Zr. The van der Waals surface area contributed by atoms with Crippen LogP contribution in [0.1, 0.15) is 0 Å². The second kappa shape index (κ2) is 25.8. The van der Waals surface area contributed by atoms with Gasteiger partial charge in [0.25, 0.3) is 0 Å². The summed E-state index contributed by atoms with van der Waals surface area (Å²) < 4.78 is 0. The van der Waals surface area contributed by atoms with Crippen molar-refractivity contribution in [1.82, 2.24) is 0 Å². The zero-order valence-electron chi connectivity index (χ0n) is 2.32. The van der Waals surface area contributed by atoms with E-state index < -0.39 is 0 Å². The summed E-state index contributed by atoms with van der Waals surface area (Å²) in [4.78, 5) is 0. The Balaban J connectivity index is 0. The average Bonchev–Trinajstić information content (AvgIpc) is 0. The van der Waals surface area contributed by atoms with Gasteiger partial charge in [0.2, 0.25) is 0 Å². The maximum atomic E-state index is 0. The SMILES string of the molecule is [Ce].[Nd].[O-2].[O-2].[Zr+4]. The first-order valence-electron chi connectivity index (χ1n) is 0. The molecule has 0 bridgehead atoms. The van der Waals surface area contributed by atoms with Crippen molar-refractivity contribution in [3.8, 4) is 0 Å². The summed E-state index contributed by atoms with van der Waals surface area (Å²) in [6, 6.07) is 0. The fraction of sp³-hybridized carbons (Fsp3) is 0. The minimum Gasteiger partial charge on any atom is -2.00 e. The van der Waals surface area contributed by atoms with Gasteiger partial charge in [0.1, 0.15) is 0 Å². The van der Waals surface area contributed by atoms with E-state index in [0.717, 1.165) is 0 Å². The van der Waals surface area contributed by atoms with Crippen molar-refractivity contribution in [3.05, 3.63) is 0 Å². The van der Waals surface area contributed by atoms with Crippen LogP contribution in [0.25, 0.3) is 0 Å². The Morgan fingerprint density at radius 1 is 0.800 bits per heavy atom. The van der Waals surface area contributed by atoms with Crippen LogP contribution in [0.3, 0.4) is 0 Å². The quantitative estimate of drug-likeness (QED) is 0.532. The number of hydrogen-bond donors (Lipinski definition) is 0. The van der Waals surface area contributed by atoms with Crippen LogP contribution in [-0.4, -0.2) is 0 Å². The molecule has 0 aromatic carbocycles. The van der Waals surface area contributed by atoms with Gasteiger partial charge < -0.3 is 11.0 Å². The van der Waals surface area contributed by atoms with Crippen LogP contribution in [-0.2, 0) is 37.2 Å². The van der Waals surface area contributed by atoms with E-state index in [0.29, 0.717) is 0 Å². The molecule has 0 heterocycles. The van der Waals surface area contributed by atoms with Crippen molar-refractivity contribution in [2.45, 2.75) is 0 Å². The second-order valence-electron chi connectivity index (χ2n) is 0. The van der Waals surface area contributed by atoms with E-state index in [-0.39, 0.29) is 120 Å². The largest absolute Gasteiger partial charge is 4.00 e. The molecule has 0 saturated carbocycles. The fourth-order valence-electron chi connectivity index (χ4n) is 0. The van der Waals surface area contributed by atoms with Gasteiger partial charge in [-0.25, -0.2) is 0 Å². The van der Waals surface area contributed by atoms with E-state index in [1.54, 1.807) is 0 Å². The summed E-state index contributed by atoms with van der Waals surface area (Å²) in [5.41, 5.74) is 0. The van der Waals surface area contributed by atoms with Crippen LogP contribution < -0.4 is 0 Å². The molecule has 24 valence electrons. The van der Waals surface area contributed by atoms with Gasteiger partial charge in [0, 0.05) is 82.6 Å². The minimum atomic E-state index is 0. The second-order valence-corrected chi connectivity index (χ2v) is 0. The molecule has 0 amide bonds. The Hall–Kier alpha value is 3.53. The molecule has 0 saturated heterocycles. The van der Waals surface area contributed by atoms with Gasteiger partial charge in [-0.3, -0.25) is 0 Å². The molecule has 0 fully saturated rings. The molecule has 5 heteroatoms. The Kier molecular flexibility index (Phi) is 200. The molecule has 0 rings (SSSR count).